The number of aliphatic hydroxyl groups excluding tert-OH is 1. The molecule has 0 aromatic heterocycles. The first-order valence-electron chi connectivity index (χ1n) is 9.89. The molecule has 0 saturated carbocycles. The zero-order valence-corrected chi connectivity index (χ0v) is 18.2. The summed E-state index contributed by atoms with van der Waals surface area (Å²) in [4.78, 5) is 2.18. The number of β-amino-alcohol motifs (C(OH)–C–C–N with tert-alkyl or cyclic N) is 1. The molecule has 6 heteroatoms. The topological polar surface area (TPSA) is 62.2 Å². The Morgan fingerprint density at radius 2 is 1.69 bits per heavy atom. The van der Waals surface area contributed by atoms with Crippen LogP contribution in [0.2, 0.25) is 5.02 Å². The van der Waals surface area contributed by atoms with Crippen molar-refractivity contribution in [3.8, 4) is 11.5 Å². The molecular weight excluding hydrogens is 390 g/mol. The third-order valence-corrected chi connectivity index (χ3v) is 5.53. The van der Waals surface area contributed by atoms with E-state index < -0.39 is 11.7 Å². The van der Waals surface area contributed by atoms with Crippen LogP contribution in [0.4, 0.5) is 0 Å². The SMILES string of the molecule is Cc1cc(O[C@H]2CN(Cc3ccc(OCC(C)(C)O)cc3)C[C@@H]2O)cc(C)c1Cl. The molecule has 2 aromatic carbocycles. The minimum Gasteiger partial charge on any atom is -0.491 e. The van der Waals surface area contributed by atoms with Gasteiger partial charge in [0.25, 0.3) is 0 Å². The first-order chi connectivity index (χ1) is 13.6. The fourth-order valence-electron chi connectivity index (χ4n) is 3.44. The van der Waals surface area contributed by atoms with Crippen molar-refractivity contribution in [2.45, 2.75) is 52.0 Å². The molecule has 1 fully saturated rings. The lowest BCUT2D eigenvalue weighted by Gasteiger charge is -2.19. The quantitative estimate of drug-likeness (QED) is 0.716. The second-order valence-corrected chi connectivity index (χ2v) is 8.91. The summed E-state index contributed by atoms with van der Waals surface area (Å²) in [6, 6.07) is 11.6. The number of ether oxygens (including phenoxy) is 2. The summed E-state index contributed by atoms with van der Waals surface area (Å²) in [7, 11) is 0. The van der Waals surface area contributed by atoms with Gasteiger partial charge in [-0.1, -0.05) is 23.7 Å². The lowest BCUT2D eigenvalue weighted by Crippen LogP contribution is -2.30. The standard InChI is InChI=1S/C23H30ClNO4/c1-15-9-19(10-16(2)22(15)24)29-21-13-25(12-20(21)26)11-17-5-7-18(8-6-17)28-14-23(3,4)27/h5-10,20-21,26-27H,11-14H2,1-4H3/t20-,21-/m0/s1. The van der Waals surface area contributed by atoms with E-state index in [1.807, 2.05) is 50.2 Å². The Morgan fingerprint density at radius 3 is 2.28 bits per heavy atom. The highest BCUT2D eigenvalue weighted by Crippen LogP contribution is 2.28. The largest absolute Gasteiger partial charge is 0.491 e. The molecule has 2 aromatic rings. The number of benzene rings is 2. The van der Waals surface area contributed by atoms with E-state index in [1.54, 1.807) is 13.8 Å². The fraction of sp³-hybridized carbons (Fsp3) is 0.478. The summed E-state index contributed by atoms with van der Waals surface area (Å²) in [5.74, 6) is 1.47. The summed E-state index contributed by atoms with van der Waals surface area (Å²) >= 11 is 6.23. The molecule has 29 heavy (non-hydrogen) atoms. The number of rotatable bonds is 7. The van der Waals surface area contributed by atoms with E-state index in [2.05, 4.69) is 4.90 Å². The number of aryl methyl sites for hydroxylation is 2. The highest BCUT2D eigenvalue weighted by atomic mass is 35.5. The molecule has 2 N–H and O–H groups in total. The molecule has 3 rings (SSSR count). The molecule has 0 bridgehead atoms. The first kappa shape index (κ1) is 21.9. The maximum absolute atomic E-state index is 10.4. The Labute approximate surface area is 177 Å². The zero-order chi connectivity index (χ0) is 21.2. The average molecular weight is 420 g/mol. The molecule has 1 heterocycles. The number of halogens is 1. The number of hydrogen-bond donors (Lipinski definition) is 2. The zero-order valence-electron chi connectivity index (χ0n) is 17.5. The Balaban J connectivity index is 1.56. The molecule has 0 spiro atoms. The van der Waals surface area contributed by atoms with Crippen molar-refractivity contribution < 1.29 is 19.7 Å². The molecule has 158 valence electrons. The van der Waals surface area contributed by atoms with Crippen LogP contribution in [0.25, 0.3) is 0 Å². The fourth-order valence-corrected chi connectivity index (χ4v) is 3.55. The van der Waals surface area contributed by atoms with Crippen LogP contribution in [-0.2, 0) is 6.54 Å². The third-order valence-electron chi connectivity index (χ3n) is 4.93. The molecule has 2 atom stereocenters. The number of likely N-dealkylation sites (tertiary alicyclic amines) is 1. The van der Waals surface area contributed by atoms with Gasteiger partial charge in [0.2, 0.25) is 0 Å². The van der Waals surface area contributed by atoms with Crippen molar-refractivity contribution in [1.29, 1.82) is 0 Å². The maximum Gasteiger partial charge on any atom is 0.138 e. The van der Waals surface area contributed by atoms with Gasteiger partial charge >= 0.3 is 0 Å². The molecule has 1 aliphatic heterocycles. The van der Waals surface area contributed by atoms with Gasteiger partial charge in [0.1, 0.15) is 30.3 Å². The molecule has 0 amide bonds. The van der Waals surface area contributed by atoms with Gasteiger partial charge in [-0.05, 0) is 68.7 Å². The Bertz CT molecular complexity index is 809. The molecule has 1 aliphatic rings. The summed E-state index contributed by atoms with van der Waals surface area (Å²) in [6.07, 6.45) is -0.815. The van der Waals surface area contributed by atoms with Gasteiger partial charge in [0.05, 0.1) is 5.60 Å². The summed E-state index contributed by atoms with van der Waals surface area (Å²) in [6.45, 7) is 9.51. The van der Waals surface area contributed by atoms with Crippen molar-refractivity contribution in [2.75, 3.05) is 19.7 Å². The lowest BCUT2D eigenvalue weighted by molar-refractivity contribution is 0.0285. The minimum atomic E-state index is -0.861. The van der Waals surface area contributed by atoms with E-state index in [0.717, 1.165) is 39.8 Å². The van der Waals surface area contributed by atoms with Crippen molar-refractivity contribution >= 4 is 11.6 Å². The van der Waals surface area contributed by atoms with Crippen LogP contribution in [0.15, 0.2) is 36.4 Å². The van der Waals surface area contributed by atoms with E-state index in [9.17, 15) is 10.2 Å². The smallest absolute Gasteiger partial charge is 0.138 e. The molecule has 0 aliphatic carbocycles. The van der Waals surface area contributed by atoms with Crippen molar-refractivity contribution in [1.82, 2.24) is 4.90 Å². The molecule has 0 radical (unpaired) electrons. The summed E-state index contributed by atoms with van der Waals surface area (Å²) < 4.78 is 11.7. The molecule has 5 nitrogen and oxygen atoms in total. The van der Waals surface area contributed by atoms with Crippen molar-refractivity contribution in [2.24, 2.45) is 0 Å². The molecule has 0 unspecified atom stereocenters. The van der Waals surface area contributed by atoms with Gasteiger partial charge in [-0.2, -0.15) is 0 Å². The number of nitrogens with zero attached hydrogens (tertiary/aromatic N) is 1. The minimum absolute atomic E-state index is 0.243. The Morgan fingerprint density at radius 1 is 1.07 bits per heavy atom. The second-order valence-electron chi connectivity index (χ2n) is 8.53. The highest BCUT2D eigenvalue weighted by molar-refractivity contribution is 6.32. The van der Waals surface area contributed by atoms with Crippen molar-refractivity contribution in [3.63, 3.8) is 0 Å². The first-order valence-corrected chi connectivity index (χ1v) is 10.3. The summed E-state index contributed by atoms with van der Waals surface area (Å²) in [5.41, 5.74) is 2.21. The van der Waals surface area contributed by atoms with Crippen LogP contribution in [0.3, 0.4) is 0 Å². The van der Waals surface area contributed by atoms with Gasteiger partial charge in [0, 0.05) is 24.7 Å². The van der Waals surface area contributed by atoms with E-state index in [0.29, 0.717) is 13.1 Å². The Hall–Kier alpha value is -1.79. The predicted molar refractivity (Wildman–Crippen MR) is 115 cm³/mol. The summed E-state index contributed by atoms with van der Waals surface area (Å²) in [5, 5.41) is 20.9. The number of hydrogen-bond acceptors (Lipinski definition) is 5. The van der Waals surface area contributed by atoms with Gasteiger partial charge < -0.3 is 19.7 Å². The predicted octanol–water partition coefficient (Wildman–Crippen LogP) is 3.73. The third kappa shape index (κ3) is 6.09. The molecular formula is C23H30ClNO4. The maximum atomic E-state index is 10.4. The molecule has 1 saturated heterocycles. The second kappa shape index (κ2) is 8.92. The van der Waals surface area contributed by atoms with Gasteiger partial charge in [-0.25, -0.2) is 0 Å². The average Bonchev–Trinajstić information content (AvgIpc) is 2.97. The van der Waals surface area contributed by atoms with Crippen LogP contribution in [0, 0.1) is 13.8 Å². The lowest BCUT2D eigenvalue weighted by atomic mass is 10.1. The van der Waals surface area contributed by atoms with E-state index in [-0.39, 0.29) is 12.7 Å². The van der Waals surface area contributed by atoms with Crippen LogP contribution < -0.4 is 9.47 Å². The number of aliphatic hydroxyl groups is 2. The van der Waals surface area contributed by atoms with Crippen LogP contribution in [0.1, 0.15) is 30.5 Å². The normalized spacial score (nSPS) is 20.1. The monoisotopic (exact) mass is 419 g/mol. The highest BCUT2D eigenvalue weighted by Gasteiger charge is 2.33. The van der Waals surface area contributed by atoms with E-state index in [4.69, 9.17) is 21.1 Å². The van der Waals surface area contributed by atoms with Gasteiger partial charge in [0.15, 0.2) is 0 Å². The van der Waals surface area contributed by atoms with Gasteiger partial charge in [-0.3, -0.25) is 4.90 Å². The van der Waals surface area contributed by atoms with Crippen LogP contribution in [0.5, 0.6) is 11.5 Å². The van der Waals surface area contributed by atoms with Gasteiger partial charge in [-0.15, -0.1) is 0 Å². The van der Waals surface area contributed by atoms with E-state index >= 15 is 0 Å². The van der Waals surface area contributed by atoms with Crippen LogP contribution >= 0.6 is 11.6 Å². The van der Waals surface area contributed by atoms with Crippen LogP contribution in [-0.4, -0.2) is 52.6 Å². The Kier molecular flexibility index (Phi) is 6.74. The van der Waals surface area contributed by atoms with E-state index in [1.165, 1.54) is 0 Å². The van der Waals surface area contributed by atoms with Crippen molar-refractivity contribution in [3.05, 3.63) is 58.1 Å².